The zero-order chi connectivity index (χ0) is 13.0. The van der Waals surface area contributed by atoms with Crippen LogP contribution in [0.25, 0.3) is 0 Å². The van der Waals surface area contributed by atoms with E-state index >= 15 is 0 Å². The van der Waals surface area contributed by atoms with E-state index in [1.54, 1.807) is 0 Å². The van der Waals surface area contributed by atoms with Gasteiger partial charge in [-0.3, -0.25) is 4.90 Å². The van der Waals surface area contributed by atoms with Gasteiger partial charge in [0.2, 0.25) is 0 Å². The number of hydrogen-bond acceptors (Lipinski definition) is 4. The van der Waals surface area contributed by atoms with Crippen LogP contribution in [0.3, 0.4) is 0 Å². The summed E-state index contributed by atoms with van der Waals surface area (Å²) >= 11 is 0. The van der Waals surface area contributed by atoms with E-state index in [4.69, 9.17) is 0 Å². The van der Waals surface area contributed by atoms with Crippen molar-refractivity contribution in [3.8, 4) is 0 Å². The maximum atomic E-state index is 12.8. The van der Waals surface area contributed by atoms with Crippen molar-refractivity contribution in [1.82, 2.24) is 4.90 Å². The molecule has 2 rings (SSSR count). The molecule has 6 atom stereocenters. The normalized spacial score (nSPS) is 48.2. The molecule has 2 fully saturated rings. The van der Waals surface area contributed by atoms with Gasteiger partial charge in [-0.05, 0) is 13.3 Å². The maximum Gasteiger partial charge on any atom is 0.393 e. The summed E-state index contributed by atoms with van der Waals surface area (Å²) in [5.74, 6) is -1.62. The first kappa shape index (κ1) is 13.1. The number of piperidine rings is 1. The standard InChI is InChI=1S/C10H16F3NO3/c1-4-5(10(11,12)13)2-6(15)8-9(17)7(16)3-14(4)8/h4-9,15-17H,2-3H2,1H3/t4?,5?,6-,7-,8-,9-/m1/s1. The highest BCUT2D eigenvalue weighted by Crippen LogP contribution is 2.42. The Hall–Kier alpha value is -0.370. The number of rotatable bonds is 0. The van der Waals surface area contributed by atoms with Crippen LogP contribution < -0.4 is 0 Å². The molecule has 2 aliphatic heterocycles. The van der Waals surface area contributed by atoms with Crippen LogP contribution in [0.4, 0.5) is 13.2 Å². The third-order valence-corrected chi connectivity index (χ3v) is 3.94. The molecule has 0 saturated carbocycles. The fourth-order valence-electron chi connectivity index (χ4n) is 2.99. The van der Waals surface area contributed by atoms with E-state index in [1.807, 2.05) is 0 Å². The summed E-state index contributed by atoms with van der Waals surface area (Å²) < 4.78 is 38.3. The molecule has 7 heteroatoms. The fourth-order valence-corrected chi connectivity index (χ4v) is 2.99. The molecule has 2 aliphatic rings. The lowest BCUT2D eigenvalue weighted by atomic mass is 9.84. The lowest BCUT2D eigenvalue weighted by molar-refractivity contribution is -0.217. The summed E-state index contributed by atoms with van der Waals surface area (Å²) in [5, 5.41) is 28.8. The topological polar surface area (TPSA) is 63.9 Å². The van der Waals surface area contributed by atoms with Crippen molar-refractivity contribution in [2.24, 2.45) is 5.92 Å². The van der Waals surface area contributed by atoms with E-state index in [1.165, 1.54) is 11.8 Å². The fraction of sp³-hybridized carbons (Fsp3) is 1.00. The minimum atomic E-state index is -4.37. The minimum Gasteiger partial charge on any atom is -0.391 e. The Morgan fingerprint density at radius 2 is 1.71 bits per heavy atom. The molecule has 17 heavy (non-hydrogen) atoms. The Labute approximate surface area is 96.7 Å². The third kappa shape index (κ3) is 2.05. The van der Waals surface area contributed by atoms with Gasteiger partial charge in [-0.1, -0.05) is 0 Å². The second kappa shape index (κ2) is 4.08. The van der Waals surface area contributed by atoms with Crippen LogP contribution in [-0.4, -0.2) is 63.3 Å². The third-order valence-electron chi connectivity index (χ3n) is 3.94. The van der Waals surface area contributed by atoms with Gasteiger partial charge in [0.15, 0.2) is 0 Å². The first-order chi connectivity index (χ1) is 7.73. The minimum absolute atomic E-state index is 0.0311. The Morgan fingerprint density at radius 3 is 2.24 bits per heavy atom. The Morgan fingerprint density at radius 1 is 1.12 bits per heavy atom. The van der Waals surface area contributed by atoms with Crippen molar-refractivity contribution in [3.05, 3.63) is 0 Å². The van der Waals surface area contributed by atoms with Gasteiger partial charge < -0.3 is 15.3 Å². The second-order valence-corrected chi connectivity index (χ2v) is 4.94. The number of hydrogen-bond donors (Lipinski definition) is 3. The number of fused-ring (bicyclic) bond motifs is 1. The molecule has 0 spiro atoms. The lowest BCUT2D eigenvalue weighted by Crippen LogP contribution is -2.59. The Kier molecular flexibility index (Phi) is 3.14. The van der Waals surface area contributed by atoms with E-state index in [9.17, 15) is 28.5 Å². The first-order valence-corrected chi connectivity index (χ1v) is 5.60. The number of halogens is 3. The van der Waals surface area contributed by atoms with E-state index in [2.05, 4.69) is 0 Å². The van der Waals surface area contributed by atoms with Crippen molar-refractivity contribution in [2.75, 3.05) is 6.54 Å². The Balaban J connectivity index is 2.23. The lowest BCUT2D eigenvalue weighted by Gasteiger charge is -2.44. The van der Waals surface area contributed by atoms with Crippen molar-refractivity contribution in [1.29, 1.82) is 0 Å². The van der Waals surface area contributed by atoms with Crippen molar-refractivity contribution in [2.45, 2.75) is 49.9 Å². The van der Waals surface area contributed by atoms with Gasteiger partial charge in [0, 0.05) is 12.6 Å². The van der Waals surface area contributed by atoms with Gasteiger partial charge in [0.05, 0.1) is 30.3 Å². The number of aliphatic hydroxyl groups is 3. The zero-order valence-corrected chi connectivity index (χ0v) is 9.30. The monoisotopic (exact) mass is 255 g/mol. The van der Waals surface area contributed by atoms with Gasteiger partial charge in [-0.2, -0.15) is 13.2 Å². The van der Waals surface area contributed by atoms with Crippen LogP contribution in [0.1, 0.15) is 13.3 Å². The van der Waals surface area contributed by atoms with Crippen LogP contribution in [-0.2, 0) is 0 Å². The zero-order valence-electron chi connectivity index (χ0n) is 9.30. The van der Waals surface area contributed by atoms with E-state index < -0.39 is 48.9 Å². The van der Waals surface area contributed by atoms with E-state index in [0.717, 1.165) is 0 Å². The van der Waals surface area contributed by atoms with Gasteiger partial charge in [0.25, 0.3) is 0 Å². The van der Waals surface area contributed by atoms with Gasteiger partial charge in [0.1, 0.15) is 0 Å². The summed E-state index contributed by atoms with van der Waals surface area (Å²) in [6.07, 6.45) is -8.32. The molecule has 0 aliphatic carbocycles. The predicted molar refractivity (Wildman–Crippen MR) is 52.1 cm³/mol. The summed E-state index contributed by atoms with van der Waals surface area (Å²) in [6, 6.07) is -1.63. The number of nitrogens with zero attached hydrogens (tertiary/aromatic N) is 1. The average molecular weight is 255 g/mol. The molecule has 0 bridgehead atoms. The maximum absolute atomic E-state index is 12.8. The van der Waals surface area contributed by atoms with Gasteiger partial charge >= 0.3 is 6.18 Å². The summed E-state index contributed by atoms with van der Waals surface area (Å²) in [7, 11) is 0. The number of alkyl halides is 3. The quantitative estimate of drug-likeness (QED) is 0.557. The average Bonchev–Trinajstić information content (AvgIpc) is 2.49. The first-order valence-electron chi connectivity index (χ1n) is 5.60. The molecule has 0 aromatic rings. The molecule has 0 aromatic carbocycles. The van der Waals surface area contributed by atoms with Crippen molar-refractivity contribution in [3.63, 3.8) is 0 Å². The molecule has 2 unspecified atom stereocenters. The number of aliphatic hydroxyl groups excluding tert-OH is 3. The molecule has 4 nitrogen and oxygen atoms in total. The highest BCUT2D eigenvalue weighted by atomic mass is 19.4. The molecule has 2 saturated heterocycles. The van der Waals surface area contributed by atoms with Crippen LogP contribution in [0.5, 0.6) is 0 Å². The highest BCUT2D eigenvalue weighted by Gasteiger charge is 2.56. The predicted octanol–water partition coefficient (Wildman–Crippen LogP) is -0.276. The summed E-state index contributed by atoms with van der Waals surface area (Å²) in [5.41, 5.74) is 0. The highest BCUT2D eigenvalue weighted by molar-refractivity contribution is 5.05. The molecule has 100 valence electrons. The van der Waals surface area contributed by atoms with E-state index in [0.29, 0.717) is 0 Å². The van der Waals surface area contributed by atoms with Crippen LogP contribution in [0.15, 0.2) is 0 Å². The Bertz CT molecular complexity index is 299. The van der Waals surface area contributed by atoms with Crippen LogP contribution in [0.2, 0.25) is 0 Å². The summed E-state index contributed by atoms with van der Waals surface area (Å²) in [6.45, 7) is 1.39. The van der Waals surface area contributed by atoms with Crippen molar-refractivity contribution < 1.29 is 28.5 Å². The van der Waals surface area contributed by atoms with Crippen molar-refractivity contribution >= 4 is 0 Å². The molecule has 0 amide bonds. The largest absolute Gasteiger partial charge is 0.393 e. The van der Waals surface area contributed by atoms with Gasteiger partial charge in [-0.25, -0.2) is 0 Å². The second-order valence-electron chi connectivity index (χ2n) is 4.94. The molecule has 0 aromatic heterocycles. The van der Waals surface area contributed by atoms with Crippen LogP contribution >= 0.6 is 0 Å². The van der Waals surface area contributed by atoms with E-state index in [-0.39, 0.29) is 6.54 Å². The smallest absolute Gasteiger partial charge is 0.391 e. The molecule has 3 N–H and O–H groups in total. The summed E-state index contributed by atoms with van der Waals surface area (Å²) in [4.78, 5) is 1.36. The SMILES string of the molecule is CC1C(C(F)(F)F)C[C@@H](O)[C@@H]2[C@H](O)[C@H](O)CN12. The molecule has 2 heterocycles. The molecular weight excluding hydrogens is 239 g/mol. The van der Waals surface area contributed by atoms with Gasteiger partial charge in [-0.15, -0.1) is 0 Å². The molecular formula is C10H16F3NO3. The van der Waals surface area contributed by atoms with Crippen LogP contribution in [0, 0.1) is 5.92 Å². The molecule has 0 radical (unpaired) electrons.